The van der Waals surface area contributed by atoms with Crippen LogP contribution in [0.1, 0.15) is 39.0 Å². The quantitative estimate of drug-likeness (QED) is 0.587. The van der Waals surface area contributed by atoms with Crippen molar-refractivity contribution in [1.82, 2.24) is 14.7 Å². The molecule has 1 aromatic rings. The maximum Gasteiger partial charge on any atom is 0.169 e. The van der Waals surface area contributed by atoms with Crippen molar-refractivity contribution >= 4 is 23.3 Å². The Kier molecular flexibility index (Phi) is 4.98. The molecule has 4 nitrogen and oxygen atoms in total. The Morgan fingerprint density at radius 1 is 1.67 bits per heavy atom. The van der Waals surface area contributed by atoms with E-state index in [9.17, 15) is 5.26 Å². The lowest BCUT2D eigenvalue weighted by Crippen LogP contribution is -2.44. The van der Waals surface area contributed by atoms with Gasteiger partial charge in [0, 0.05) is 11.8 Å². The maximum atomic E-state index is 9.40. The van der Waals surface area contributed by atoms with E-state index in [0.29, 0.717) is 6.04 Å². The molecular weight excluding hydrogens is 264 g/mol. The molecule has 1 aliphatic carbocycles. The summed E-state index contributed by atoms with van der Waals surface area (Å²) in [6, 6.07) is 3.07. The molecule has 1 fully saturated rings. The van der Waals surface area contributed by atoms with Crippen LogP contribution in [0.3, 0.4) is 0 Å². The van der Waals surface area contributed by atoms with Crippen molar-refractivity contribution in [3.8, 4) is 6.07 Å². The summed E-state index contributed by atoms with van der Waals surface area (Å²) in [5, 5.41) is 12.9. The summed E-state index contributed by atoms with van der Waals surface area (Å²) in [7, 11) is 0. The predicted octanol–water partition coefficient (Wildman–Crippen LogP) is 2.83. The van der Waals surface area contributed by atoms with Crippen molar-refractivity contribution in [2.45, 2.75) is 54.9 Å². The van der Waals surface area contributed by atoms with Gasteiger partial charge in [0.05, 0.1) is 6.07 Å². The SMILES string of the molecule is CCC(C#N)(CCCSc1ncns1)NC1CC1. The van der Waals surface area contributed by atoms with Crippen LogP contribution in [0.2, 0.25) is 0 Å². The van der Waals surface area contributed by atoms with Crippen LogP contribution in [0.15, 0.2) is 10.7 Å². The average molecular weight is 282 g/mol. The highest BCUT2D eigenvalue weighted by Crippen LogP contribution is 2.28. The summed E-state index contributed by atoms with van der Waals surface area (Å²) in [4.78, 5) is 4.14. The standard InChI is InChI=1S/C12H18N4S2/c1-2-12(8-13,16-10-4-5-10)6-3-7-17-11-14-9-15-18-11/h9-10,16H,2-7H2,1H3. The summed E-state index contributed by atoms with van der Waals surface area (Å²) < 4.78 is 4.99. The topological polar surface area (TPSA) is 61.6 Å². The first-order valence-electron chi connectivity index (χ1n) is 6.36. The van der Waals surface area contributed by atoms with Crippen molar-refractivity contribution in [1.29, 1.82) is 5.26 Å². The van der Waals surface area contributed by atoms with E-state index in [4.69, 9.17) is 0 Å². The van der Waals surface area contributed by atoms with Crippen LogP contribution in [0.5, 0.6) is 0 Å². The molecule has 1 unspecified atom stereocenters. The first-order chi connectivity index (χ1) is 8.78. The van der Waals surface area contributed by atoms with Gasteiger partial charge < -0.3 is 0 Å². The van der Waals surface area contributed by atoms with Crippen molar-refractivity contribution in [3.05, 3.63) is 6.33 Å². The minimum Gasteiger partial charge on any atom is -0.297 e. The highest BCUT2D eigenvalue weighted by Gasteiger charge is 2.34. The Labute approximate surface area is 116 Å². The van der Waals surface area contributed by atoms with Crippen molar-refractivity contribution in [3.63, 3.8) is 0 Å². The lowest BCUT2D eigenvalue weighted by Gasteiger charge is -2.26. The van der Waals surface area contributed by atoms with Crippen LogP contribution in [0.4, 0.5) is 0 Å². The number of aromatic nitrogens is 2. The second-order valence-electron chi connectivity index (χ2n) is 4.63. The average Bonchev–Trinajstić information content (AvgIpc) is 3.05. The fourth-order valence-electron chi connectivity index (χ4n) is 1.90. The molecule has 6 heteroatoms. The summed E-state index contributed by atoms with van der Waals surface area (Å²) in [6.07, 6.45) is 6.87. The minimum absolute atomic E-state index is 0.317. The van der Waals surface area contributed by atoms with Crippen molar-refractivity contribution < 1.29 is 0 Å². The lowest BCUT2D eigenvalue weighted by atomic mass is 9.92. The Bertz CT molecular complexity index is 397. The van der Waals surface area contributed by atoms with E-state index in [1.54, 1.807) is 18.1 Å². The van der Waals surface area contributed by atoms with Gasteiger partial charge in [0.15, 0.2) is 4.34 Å². The number of nitrogens with one attached hydrogen (secondary N) is 1. The second-order valence-corrected chi connectivity index (χ2v) is 6.75. The van der Waals surface area contributed by atoms with E-state index in [-0.39, 0.29) is 5.54 Å². The summed E-state index contributed by atoms with van der Waals surface area (Å²) in [5.74, 6) is 1.00. The molecular formula is C12H18N4S2. The molecule has 0 radical (unpaired) electrons. The lowest BCUT2D eigenvalue weighted by molar-refractivity contribution is 0.367. The van der Waals surface area contributed by atoms with Gasteiger partial charge in [-0.3, -0.25) is 5.32 Å². The first-order valence-corrected chi connectivity index (χ1v) is 8.12. The number of nitrogens with zero attached hydrogens (tertiary/aromatic N) is 3. The monoisotopic (exact) mass is 282 g/mol. The Morgan fingerprint density at radius 2 is 2.50 bits per heavy atom. The van der Waals surface area contributed by atoms with Gasteiger partial charge in [0.1, 0.15) is 11.9 Å². The van der Waals surface area contributed by atoms with Gasteiger partial charge in [-0.2, -0.15) is 9.64 Å². The van der Waals surface area contributed by atoms with E-state index < -0.39 is 0 Å². The highest BCUT2D eigenvalue weighted by atomic mass is 32.2. The molecule has 0 amide bonds. The van der Waals surface area contributed by atoms with Gasteiger partial charge in [0.25, 0.3) is 0 Å². The summed E-state index contributed by atoms with van der Waals surface area (Å²) in [6.45, 7) is 2.09. The molecule has 2 rings (SSSR count). The largest absolute Gasteiger partial charge is 0.297 e. The molecule has 1 saturated carbocycles. The van der Waals surface area contributed by atoms with Crippen molar-refractivity contribution in [2.75, 3.05) is 5.75 Å². The van der Waals surface area contributed by atoms with Crippen LogP contribution in [0.25, 0.3) is 0 Å². The number of nitriles is 1. The summed E-state index contributed by atoms with van der Waals surface area (Å²) in [5.41, 5.74) is -0.317. The molecule has 0 saturated heterocycles. The highest BCUT2D eigenvalue weighted by molar-refractivity contribution is 8.00. The molecule has 0 bridgehead atoms. The molecule has 1 aliphatic rings. The van der Waals surface area contributed by atoms with Gasteiger partial charge in [-0.05, 0) is 43.6 Å². The van der Waals surface area contributed by atoms with E-state index in [2.05, 4.69) is 27.7 Å². The fraction of sp³-hybridized carbons (Fsp3) is 0.750. The van der Waals surface area contributed by atoms with Gasteiger partial charge in [-0.1, -0.05) is 18.7 Å². The Hall–Kier alpha value is -0.640. The van der Waals surface area contributed by atoms with Crippen LogP contribution in [0, 0.1) is 11.3 Å². The molecule has 1 aromatic heterocycles. The minimum atomic E-state index is -0.317. The van der Waals surface area contributed by atoms with Crippen molar-refractivity contribution in [2.24, 2.45) is 0 Å². The molecule has 1 heterocycles. The third-order valence-electron chi connectivity index (χ3n) is 3.19. The number of rotatable bonds is 8. The van der Waals surface area contributed by atoms with E-state index >= 15 is 0 Å². The third-order valence-corrected chi connectivity index (χ3v) is 5.07. The molecule has 1 N–H and O–H groups in total. The number of hydrogen-bond donors (Lipinski definition) is 1. The van der Waals surface area contributed by atoms with Gasteiger partial charge in [0.2, 0.25) is 0 Å². The van der Waals surface area contributed by atoms with Gasteiger partial charge in [-0.15, -0.1) is 0 Å². The number of thioether (sulfide) groups is 1. The normalized spacial score (nSPS) is 18.2. The molecule has 1 atom stereocenters. The molecule has 0 spiro atoms. The smallest absolute Gasteiger partial charge is 0.169 e. The Balaban J connectivity index is 1.73. The van der Waals surface area contributed by atoms with E-state index in [1.165, 1.54) is 24.4 Å². The van der Waals surface area contributed by atoms with Crippen LogP contribution in [-0.2, 0) is 0 Å². The maximum absolute atomic E-state index is 9.40. The number of hydrogen-bond acceptors (Lipinski definition) is 6. The predicted molar refractivity (Wildman–Crippen MR) is 74.7 cm³/mol. The summed E-state index contributed by atoms with van der Waals surface area (Å²) >= 11 is 3.17. The molecule has 98 valence electrons. The molecule has 18 heavy (non-hydrogen) atoms. The fourth-order valence-corrected chi connectivity index (χ4v) is 3.35. The van der Waals surface area contributed by atoms with Crippen LogP contribution >= 0.6 is 23.3 Å². The van der Waals surface area contributed by atoms with E-state index in [0.717, 1.165) is 29.4 Å². The van der Waals surface area contributed by atoms with Crippen LogP contribution in [-0.4, -0.2) is 26.7 Å². The van der Waals surface area contributed by atoms with Crippen LogP contribution < -0.4 is 5.32 Å². The third kappa shape index (κ3) is 3.94. The zero-order chi connectivity index (χ0) is 12.8. The molecule has 0 aliphatic heterocycles. The zero-order valence-corrected chi connectivity index (χ0v) is 12.2. The van der Waals surface area contributed by atoms with Gasteiger partial charge in [-0.25, -0.2) is 4.98 Å². The van der Waals surface area contributed by atoms with Gasteiger partial charge >= 0.3 is 0 Å². The second kappa shape index (κ2) is 6.50. The zero-order valence-electron chi connectivity index (χ0n) is 10.6. The first kappa shape index (κ1) is 13.8. The molecule has 0 aromatic carbocycles. The van der Waals surface area contributed by atoms with E-state index in [1.807, 2.05) is 0 Å². The Morgan fingerprint density at radius 3 is 3.06 bits per heavy atom.